The molecule has 21 heavy (non-hydrogen) atoms. The van der Waals surface area contributed by atoms with Crippen LogP contribution >= 0.6 is 0 Å². The first-order chi connectivity index (χ1) is 10.1. The summed E-state index contributed by atoms with van der Waals surface area (Å²) >= 11 is 0. The summed E-state index contributed by atoms with van der Waals surface area (Å²) in [6, 6.07) is 6.58. The van der Waals surface area contributed by atoms with Gasteiger partial charge in [-0.3, -0.25) is 4.79 Å². The molecular weight excluding hydrogens is 273 g/mol. The minimum Gasteiger partial charge on any atom is -0.370 e. The molecule has 0 spiro atoms. The number of hydrogen-bond acceptors (Lipinski definition) is 3. The van der Waals surface area contributed by atoms with Gasteiger partial charge >= 0.3 is 0 Å². The van der Waals surface area contributed by atoms with Crippen molar-refractivity contribution >= 4 is 5.91 Å². The SMILES string of the molecule is C[C@]1(C(=O)N2CC(OCc3ccccc3F)C2)CCCO1. The lowest BCUT2D eigenvalue weighted by atomic mass is 9.98. The van der Waals surface area contributed by atoms with Crippen molar-refractivity contribution < 1.29 is 18.7 Å². The zero-order valence-electron chi connectivity index (χ0n) is 12.2. The van der Waals surface area contributed by atoms with E-state index in [2.05, 4.69) is 0 Å². The third-order valence-electron chi connectivity index (χ3n) is 4.24. The van der Waals surface area contributed by atoms with Crippen LogP contribution in [0.25, 0.3) is 0 Å². The van der Waals surface area contributed by atoms with Crippen molar-refractivity contribution in [2.45, 2.75) is 38.1 Å². The molecule has 4 nitrogen and oxygen atoms in total. The number of rotatable bonds is 4. The molecule has 0 bridgehead atoms. The van der Waals surface area contributed by atoms with Gasteiger partial charge in [-0.25, -0.2) is 4.39 Å². The summed E-state index contributed by atoms with van der Waals surface area (Å²) in [6.07, 6.45) is 1.70. The summed E-state index contributed by atoms with van der Waals surface area (Å²) in [4.78, 5) is 14.1. The van der Waals surface area contributed by atoms with Gasteiger partial charge in [-0.2, -0.15) is 0 Å². The van der Waals surface area contributed by atoms with E-state index in [1.54, 1.807) is 23.1 Å². The van der Waals surface area contributed by atoms with Crippen molar-refractivity contribution in [2.24, 2.45) is 0 Å². The predicted molar refractivity (Wildman–Crippen MR) is 75.1 cm³/mol. The highest BCUT2D eigenvalue weighted by molar-refractivity contribution is 5.85. The van der Waals surface area contributed by atoms with Crippen LogP contribution in [0.15, 0.2) is 24.3 Å². The van der Waals surface area contributed by atoms with Gasteiger partial charge in [0.05, 0.1) is 12.7 Å². The second kappa shape index (κ2) is 5.73. The lowest BCUT2D eigenvalue weighted by Crippen LogP contribution is -2.60. The maximum absolute atomic E-state index is 13.5. The molecule has 2 fully saturated rings. The Labute approximate surface area is 123 Å². The number of carbonyl (C=O) groups is 1. The van der Waals surface area contributed by atoms with Gasteiger partial charge in [0.1, 0.15) is 11.4 Å². The van der Waals surface area contributed by atoms with Crippen molar-refractivity contribution in [1.29, 1.82) is 0 Å². The fourth-order valence-electron chi connectivity index (χ4n) is 2.81. The third-order valence-corrected chi connectivity index (χ3v) is 4.24. The minimum absolute atomic E-state index is 0.0152. The Morgan fingerprint density at radius 2 is 2.24 bits per heavy atom. The molecule has 114 valence electrons. The van der Waals surface area contributed by atoms with Crippen LogP contribution < -0.4 is 0 Å². The van der Waals surface area contributed by atoms with E-state index in [4.69, 9.17) is 9.47 Å². The molecule has 0 saturated carbocycles. The third kappa shape index (κ3) is 2.94. The van der Waals surface area contributed by atoms with E-state index in [0.717, 1.165) is 12.8 Å². The number of halogens is 1. The molecule has 1 atom stereocenters. The zero-order valence-corrected chi connectivity index (χ0v) is 12.2. The van der Waals surface area contributed by atoms with Gasteiger partial charge < -0.3 is 14.4 Å². The molecular formula is C16H20FNO3. The number of carbonyl (C=O) groups excluding carboxylic acids is 1. The lowest BCUT2D eigenvalue weighted by Gasteiger charge is -2.42. The summed E-state index contributed by atoms with van der Waals surface area (Å²) in [5, 5.41) is 0. The highest BCUT2D eigenvalue weighted by Gasteiger charge is 2.44. The fourth-order valence-corrected chi connectivity index (χ4v) is 2.81. The van der Waals surface area contributed by atoms with Crippen LogP contribution in [-0.2, 0) is 20.9 Å². The van der Waals surface area contributed by atoms with Gasteiger partial charge in [0.2, 0.25) is 0 Å². The van der Waals surface area contributed by atoms with Crippen molar-refractivity contribution in [3.63, 3.8) is 0 Å². The monoisotopic (exact) mass is 293 g/mol. The Bertz CT molecular complexity index is 522. The van der Waals surface area contributed by atoms with E-state index in [1.807, 2.05) is 6.92 Å². The smallest absolute Gasteiger partial charge is 0.254 e. The summed E-state index contributed by atoms with van der Waals surface area (Å²) in [5.74, 6) is -0.206. The quantitative estimate of drug-likeness (QED) is 0.853. The largest absolute Gasteiger partial charge is 0.370 e. The van der Waals surface area contributed by atoms with Crippen molar-refractivity contribution in [1.82, 2.24) is 4.90 Å². The first-order valence-corrected chi connectivity index (χ1v) is 7.37. The zero-order chi connectivity index (χ0) is 14.9. The average molecular weight is 293 g/mol. The summed E-state index contributed by atoms with van der Waals surface area (Å²) in [5.41, 5.74) is -0.107. The van der Waals surface area contributed by atoms with Crippen molar-refractivity contribution in [3.8, 4) is 0 Å². The van der Waals surface area contributed by atoms with Gasteiger partial charge in [0.15, 0.2) is 0 Å². The van der Waals surface area contributed by atoms with Gasteiger partial charge in [-0.05, 0) is 25.8 Å². The highest BCUT2D eigenvalue weighted by Crippen LogP contribution is 2.29. The number of benzene rings is 1. The maximum atomic E-state index is 13.5. The van der Waals surface area contributed by atoms with E-state index in [1.165, 1.54) is 6.07 Å². The molecule has 1 aromatic carbocycles. The van der Waals surface area contributed by atoms with Crippen LogP contribution in [0, 0.1) is 5.82 Å². The van der Waals surface area contributed by atoms with E-state index in [9.17, 15) is 9.18 Å². The molecule has 0 aromatic heterocycles. The van der Waals surface area contributed by atoms with E-state index >= 15 is 0 Å². The standard InChI is InChI=1S/C16H20FNO3/c1-16(7-4-8-21-16)15(19)18-9-13(10-18)20-11-12-5-2-3-6-14(12)17/h2-3,5-6,13H,4,7-11H2,1H3/t16-/m1/s1. The Kier molecular flexibility index (Phi) is 3.95. The molecule has 0 N–H and O–H groups in total. The van der Waals surface area contributed by atoms with Crippen molar-refractivity contribution in [2.75, 3.05) is 19.7 Å². The minimum atomic E-state index is -0.656. The molecule has 1 aromatic rings. The Hall–Kier alpha value is -1.46. The fraction of sp³-hybridized carbons (Fsp3) is 0.562. The van der Waals surface area contributed by atoms with Gasteiger partial charge in [-0.15, -0.1) is 0 Å². The molecule has 5 heteroatoms. The van der Waals surface area contributed by atoms with Gasteiger partial charge in [0, 0.05) is 25.3 Å². The second-order valence-corrected chi connectivity index (χ2v) is 5.92. The van der Waals surface area contributed by atoms with Crippen LogP contribution in [0.5, 0.6) is 0 Å². The second-order valence-electron chi connectivity index (χ2n) is 5.92. The summed E-state index contributed by atoms with van der Waals surface area (Å²) in [7, 11) is 0. The molecule has 2 aliphatic heterocycles. The molecule has 3 rings (SSSR count). The summed E-state index contributed by atoms with van der Waals surface area (Å²) < 4.78 is 24.7. The molecule has 0 radical (unpaired) electrons. The van der Waals surface area contributed by atoms with Crippen LogP contribution in [0.1, 0.15) is 25.3 Å². The molecule has 2 aliphatic rings. The Morgan fingerprint density at radius 1 is 1.48 bits per heavy atom. The van der Waals surface area contributed by atoms with Gasteiger partial charge in [-0.1, -0.05) is 18.2 Å². The van der Waals surface area contributed by atoms with E-state index in [-0.39, 0.29) is 24.4 Å². The number of likely N-dealkylation sites (tertiary alicyclic amines) is 1. The number of amides is 1. The van der Waals surface area contributed by atoms with E-state index in [0.29, 0.717) is 25.3 Å². The summed E-state index contributed by atoms with van der Waals surface area (Å²) in [6.45, 7) is 3.88. The van der Waals surface area contributed by atoms with Crippen LogP contribution in [0.3, 0.4) is 0 Å². The molecule has 2 saturated heterocycles. The molecule has 1 amide bonds. The van der Waals surface area contributed by atoms with Crippen LogP contribution in [-0.4, -0.2) is 42.2 Å². The van der Waals surface area contributed by atoms with Crippen LogP contribution in [0.2, 0.25) is 0 Å². The topological polar surface area (TPSA) is 38.8 Å². The first kappa shape index (κ1) is 14.5. The number of nitrogens with zero attached hydrogens (tertiary/aromatic N) is 1. The van der Waals surface area contributed by atoms with Crippen molar-refractivity contribution in [3.05, 3.63) is 35.6 Å². The Balaban J connectivity index is 1.46. The molecule has 0 aliphatic carbocycles. The lowest BCUT2D eigenvalue weighted by molar-refractivity contribution is -0.165. The average Bonchev–Trinajstić information content (AvgIpc) is 2.87. The highest BCUT2D eigenvalue weighted by atomic mass is 19.1. The number of ether oxygens (including phenoxy) is 2. The first-order valence-electron chi connectivity index (χ1n) is 7.37. The molecule has 0 unspecified atom stereocenters. The van der Waals surface area contributed by atoms with Gasteiger partial charge in [0.25, 0.3) is 5.91 Å². The normalized spacial score (nSPS) is 25.9. The van der Waals surface area contributed by atoms with Crippen LogP contribution in [0.4, 0.5) is 4.39 Å². The number of hydrogen-bond donors (Lipinski definition) is 0. The molecule has 2 heterocycles. The van der Waals surface area contributed by atoms with E-state index < -0.39 is 5.60 Å². The maximum Gasteiger partial charge on any atom is 0.254 e. The Morgan fingerprint density at radius 3 is 2.90 bits per heavy atom. The predicted octanol–water partition coefficient (Wildman–Crippen LogP) is 2.12.